The lowest BCUT2D eigenvalue weighted by atomic mass is 10.1. The summed E-state index contributed by atoms with van der Waals surface area (Å²) < 4.78 is 0. The van der Waals surface area contributed by atoms with Gasteiger partial charge in [0.25, 0.3) is 0 Å². The van der Waals surface area contributed by atoms with Gasteiger partial charge in [0.05, 0.1) is 10.9 Å². The Morgan fingerprint density at radius 1 is 1.33 bits per heavy atom. The van der Waals surface area contributed by atoms with Gasteiger partial charge in [-0.05, 0) is 19.1 Å². The highest BCUT2D eigenvalue weighted by Gasteiger charge is 2.02. The molecule has 2 rings (SSSR count). The number of hydrogen-bond acceptors (Lipinski definition) is 4. The molecule has 0 saturated heterocycles. The minimum atomic E-state index is 0.653. The summed E-state index contributed by atoms with van der Waals surface area (Å²) in [5.41, 5.74) is 3.28. The van der Waals surface area contributed by atoms with Gasteiger partial charge in [0.2, 0.25) is 5.13 Å². The van der Waals surface area contributed by atoms with Crippen LogP contribution >= 0.6 is 23.6 Å². The van der Waals surface area contributed by atoms with Crippen molar-refractivity contribution in [3.8, 4) is 11.3 Å². The zero-order chi connectivity index (χ0) is 10.7. The van der Waals surface area contributed by atoms with E-state index in [0.717, 1.165) is 11.3 Å². The Hall–Kier alpha value is -1.35. The molecule has 0 N–H and O–H groups in total. The van der Waals surface area contributed by atoms with Crippen molar-refractivity contribution in [1.82, 2.24) is 4.98 Å². The lowest BCUT2D eigenvalue weighted by molar-refractivity contribution is 1.36. The molecule has 0 amide bonds. The van der Waals surface area contributed by atoms with Crippen molar-refractivity contribution in [2.75, 3.05) is 0 Å². The smallest absolute Gasteiger partial charge is 0.218 e. The van der Waals surface area contributed by atoms with E-state index in [2.05, 4.69) is 58.5 Å². The average molecular weight is 232 g/mol. The summed E-state index contributed by atoms with van der Waals surface area (Å²) in [6.45, 7) is 2.06. The van der Waals surface area contributed by atoms with Crippen LogP contribution in [0.2, 0.25) is 0 Å². The summed E-state index contributed by atoms with van der Waals surface area (Å²) in [5, 5.41) is 4.94. The van der Waals surface area contributed by atoms with Crippen LogP contribution in [-0.4, -0.2) is 10.1 Å². The van der Waals surface area contributed by atoms with Crippen LogP contribution in [0.5, 0.6) is 0 Å². The molecule has 15 heavy (non-hydrogen) atoms. The quantitative estimate of drug-likeness (QED) is 0.580. The van der Waals surface area contributed by atoms with Crippen LogP contribution in [-0.2, 0) is 0 Å². The summed E-state index contributed by atoms with van der Waals surface area (Å²) in [4.78, 5) is 8.17. The normalized spacial score (nSPS) is 9.67. The highest BCUT2D eigenvalue weighted by atomic mass is 32.1. The van der Waals surface area contributed by atoms with Crippen LogP contribution in [0.4, 0.5) is 5.13 Å². The molecule has 0 aliphatic carbocycles. The summed E-state index contributed by atoms with van der Waals surface area (Å²) in [5.74, 6) is 0. The number of aromatic nitrogens is 1. The van der Waals surface area contributed by atoms with Crippen molar-refractivity contribution >= 4 is 33.8 Å². The molecule has 0 saturated carbocycles. The van der Waals surface area contributed by atoms with Crippen molar-refractivity contribution in [2.24, 2.45) is 4.99 Å². The minimum Gasteiger partial charge on any atom is -0.218 e. The topological polar surface area (TPSA) is 25.2 Å². The van der Waals surface area contributed by atoms with Crippen molar-refractivity contribution in [2.45, 2.75) is 6.92 Å². The number of thiocarbonyl (C=S) groups is 1. The predicted molar refractivity (Wildman–Crippen MR) is 67.0 cm³/mol. The van der Waals surface area contributed by atoms with Gasteiger partial charge in [-0.3, -0.25) is 0 Å². The van der Waals surface area contributed by atoms with E-state index in [9.17, 15) is 0 Å². The molecule has 0 fully saturated rings. The molecule has 1 heterocycles. The lowest BCUT2D eigenvalue weighted by Gasteiger charge is -1.96. The van der Waals surface area contributed by atoms with Gasteiger partial charge >= 0.3 is 0 Å². The van der Waals surface area contributed by atoms with Gasteiger partial charge in [-0.2, -0.15) is 4.99 Å². The molecule has 0 aliphatic heterocycles. The van der Waals surface area contributed by atoms with Gasteiger partial charge in [0, 0.05) is 10.9 Å². The van der Waals surface area contributed by atoms with Crippen LogP contribution < -0.4 is 0 Å². The van der Waals surface area contributed by atoms with Crippen molar-refractivity contribution in [1.29, 1.82) is 0 Å². The molecule has 0 unspecified atom stereocenters. The van der Waals surface area contributed by atoms with Crippen LogP contribution in [0.3, 0.4) is 0 Å². The molecule has 2 nitrogen and oxygen atoms in total. The highest BCUT2D eigenvalue weighted by molar-refractivity contribution is 7.78. The fraction of sp³-hybridized carbons (Fsp3) is 0.0909. The van der Waals surface area contributed by atoms with Gasteiger partial charge in [-0.15, -0.1) is 11.3 Å². The summed E-state index contributed by atoms with van der Waals surface area (Å²) in [7, 11) is 0. The number of aryl methyl sites for hydroxylation is 1. The Morgan fingerprint density at radius 3 is 2.73 bits per heavy atom. The first-order valence-corrected chi connectivity index (χ1v) is 5.69. The fourth-order valence-electron chi connectivity index (χ4n) is 1.21. The van der Waals surface area contributed by atoms with Gasteiger partial charge in [0.1, 0.15) is 0 Å². The summed E-state index contributed by atoms with van der Waals surface area (Å²) in [6.07, 6.45) is 0. The van der Waals surface area contributed by atoms with Gasteiger partial charge in [-0.1, -0.05) is 29.8 Å². The van der Waals surface area contributed by atoms with E-state index in [1.54, 1.807) is 0 Å². The first kappa shape index (κ1) is 10.2. The molecular weight excluding hydrogens is 224 g/mol. The van der Waals surface area contributed by atoms with Crippen LogP contribution in [0.15, 0.2) is 34.6 Å². The van der Waals surface area contributed by atoms with E-state index in [1.165, 1.54) is 16.9 Å². The Kier molecular flexibility index (Phi) is 3.02. The molecule has 2 aromatic rings. The Morgan fingerprint density at radius 2 is 2.07 bits per heavy atom. The summed E-state index contributed by atoms with van der Waals surface area (Å²) >= 11 is 5.99. The maximum atomic E-state index is 4.53. The average Bonchev–Trinajstić information content (AvgIpc) is 2.68. The Balaban J connectivity index is 2.37. The zero-order valence-electron chi connectivity index (χ0n) is 8.10. The monoisotopic (exact) mass is 232 g/mol. The van der Waals surface area contributed by atoms with E-state index in [4.69, 9.17) is 0 Å². The maximum Gasteiger partial charge on any atom is 0.218 e. The lowest BCUT2D eigenvalue weighted by Crippen LogP contribution is -1.77. The zero-order valence-corrected chi connectivity index (χ0v) is 9.73. The van der Waals surface area contributed by atoms with Crippen LogP contribution in [0.25, 0.3) is 11.3 Å². The van der Waals surface area contributed by atoms with Gasteiger partial charge in [-0.25, -0.2) is 4.98 Å². The first-order chi connectivity index (χ1) is 7.29. The van der Waals surface area contributed by atoms with E-state index >= 15 is 0 Å². The molecule has 0 bridgehead atoms. The third-order valence-electron chi connectivity index (χ3n) is 1.98. The first-order valence-electron chi connectivity index (χ1n) is 4.40. The second-order valence-electron chi connectivity index (χ2n) is 3.08. The van der Waals surface area contributed by atoms with Crippen LogP contribution in [0.1, 0.15) is 5.56 Å². The Labute approximate surface area is 97.3 Å². The SMILES string of the molecule is Cc1ccc(-c2csc(N=C=S)n2)cc1. The summed E-state index contributed by atoms with van der Waals surface area (Å²) in [6, 6.07) is 8.23. The second-order valence-corrected chi connectivity index (χ2v) is 4.10. The molecule has 0 radical (unpaired) electrons. The molecule has 4 heteroatoms. The largest absolute Gasteiger partial charge is 0.218 e. The minimum absolute atomic E-state index is 0.653. The van der Waals surface area contributed by atoms with E-state index in [0.29, 0.717) is 5.13 Å². The second kappa shape index (κ2) is 4.45. The van der Waals surface area contributed by atoms with Crippen LogP contribution in [0, 0.1) is 6.92 Å². The number of thiazole rings is 1. The molecule has 0 aliphatic rings. The number of aliphatic imine (C=N–C) groups is 1. The molecule has 0 spiro atoms. The van der Waals surface area contributed by atoms with E-state index in [-0.39, 0.29) is 0 Å². The number of benzene rings is 1. The number of isothiocyanates is 1. The number of hydrogen-bond donors (Lipinski definition) is 0. The van der Waals surface area contributed by atoms with Crippen molar-refractivity contribution in [3.05, 3.63) is 35.2 Å². The third kappa shape index (κ3) is 2.36. The number of rotatable bonds is 2. The molecule has 1 aromatic heterocycles. The van der Waals surface area contributed by atoms with Crippen molar-refractivity contribution < 1.29 is 0 Å². The van der Waals surface area contributed by atoms with Crippen molar-refractivity contribution in [3.63, 3.8) is 0 Å². The van der Waals surface area contributed by atoms with E-state index < -0.39 is 0 Å². The third-order valence-corrected chi connectivity index (χ3v) is 2.81. The fourth-order valence-corrected chi connectivity index (χ4v) is 2.01. The highest BCUT2D eigenvalue weighted by Crippen LogP contribution is 2.26. The Bertz CT molecular complexity index is 508. The van der Waals surface area contributed by atoms with E-state index in [1.807, 2.05) is 5.38 Å². The standard InChI is InChI=1S/C11H8N2S2/c1-8-2-4-9(5-3-8)10-6-15-11(13-10)12-7-14/h2-6H,1H3. The molecule has 0 atom stereocenters. The molecular formula is C11H8N2S2. The molecule has 1 aromatic carbocycles. The molecule has 74 valence electrons. The van der Waals surface area contributed by atoms with Gasteiger partial charge < -0.3 is 0 Å². The predicted octanol–water partition coefficient (Wildman–Crippen LogP) is 3.85. The maximum absolute atomic E-state index is 4.53. The number of nitrogens with zero attached hydrogens (tertiary/aromatic N) is 2. The van der Waals surface area contributed by atoms with Gasteiger partial charge in [0.15, 0.2) is 0 Å².